The first-order valence-corrected chi connectivity index (χ1v) is 9.18. The number of hydrogen-bond acceptors (Lipinski definition) is 4. The molecular formula is C21H24N2O3. The smallest absolute Gasteiger partial charge is 0.254 e. The molecule has 0 aliphatic carbocycles. The van der Waals surface area contributed by atoms with Crippen LogP contribution in [0.2, 0.25) is 0 Å². The Morgan fingerprint density at radius 1 is 0.962 bits per heavy atom. The molecule has 0 aromatic heterocycles. The van der Waals surface area contributed by atoms with Crippen LogP contribution in [0.1, 0.15) is 21.5 Å². The van der Waals surface area contributed by atoms with Crippen LogP contribution in [-0.2, 0) is 17.8 Å². The van der Waals surface area contributed by atoms with E-state index in [0.29, 0.717) is 19.7 Å². The lowest BCUT2D eigenvalue weighted by Crippen LogP contribution is -2.35. The molecule has 4 rings (SSSR count). The zero-order valence-corrected chi connectivity index (χ0v) is 14.9. The lowest BCUT2D eigenvalue weighted by atomic mass is 10.1. The summed E-state index contributed by atoms with van der Waals surface area (Å²) < 4.78 is 11.3. The number of ether oxygens (including phenoxy) is 2. The number of carbonyl (C=O) groups excluding carboxylic acids is 1. The molecule has 0 radical (unpaired) electrons. The highest BCUT2D eigenvalue weighted by Crippen LogP contribution is 2.26. The standard InChI is InChI=1S/C21H24N2O3/c24-21(18-4-2-1-3-5-18)23-10-13-26-20-7-6-17(14-19(20)16-23)15-22-8-11-25-12-9-22/h1-7,14H,8-13,15-16H2. The van der Waals surface area contributed by atoms with Gasteiger partial charge in [-0.3, -0.25) is 9.69 Å². The van der Waals surface area contributed by atoms with Crippen molar-refractivity contribution in [2.24, 2.45) is 0 Å². The molecule has 0 N–H and O–H groups in total. The van der Waals surface area contributed by atoms with Crippen LogP contribution in [0.5, 0.6) is 5.75 Å². The zero-order chi connectivity index (χ0) is 17.8. The molecule has 26 heavy (non-hydrogen) atoms. The van der Waals surface area contributed by atoms with E-state index >= 15 is 0 Å². The average Bonchev–Trinajstić information content (AvgIpc) is 2.91. The highest BCUT2D eigenvalue weighted by Gasteiger charge is 2.21. The summed E-state index contributed by atoms with van der Waals surface area (Å²) in [5.41, 5.74) is 3.06. The van der Waals surface area contributed by atoms with Crippen LogP contribution in [0.4, 0.5) is 0 Å². The van der Waals surface area contributed by atoms with Gasteiger partial charge in [0.1, 0.15) is 12.4 Å². The van der Waals surface area contributed by atoms with E-state index in [1.807, 2.05) is 41.3 Å². The molecule has 0 spiro atoms. The zero-order valence-electron chi connectivity index (χ0n) is 14.9. The molecule has 1 amide bonds. The van der Waals surface area contributed by atoms with Crippen molar-refractivity contribution >= 4 is 5.91 Å². The van der Waals surface area contributed by atoms with Gasteiger partial charge in [0.15, 0.2) is 0 Å². The Morgan fingerprint density at radius 2 is 1.77 bits per heavy atom. The summed E-state index contributed by atoms with van der Waals surface area (Å²) in [5.74, 6) is 0.944. The summed E-state index contributed by atoms with van der Waals surface area (Å²) in [6, 6.07) is 15.8. The molecule has 0 saturated carbocycles. The normalized spacial score (nSPS) is 17.9. The first-order chi connectivity index (χ1) is 12.8. The molecular weight excluding hydrogens is 328 g/mol. The molecule has 2 aromatic carbocycles. The maximum atomic E-state index is 12.8. The van der Waals surface area contributed by atoms with E-state index < -0.39 is 0 Å². The van der Waals surface area contributed by atoms with Crippen LogP contribution in [0.15, 0.2) is 48.5 Å². The van der Waals surface area contributed by atoms with Gasteiger partial charge in [0.05, 0.1) is 19.8 Å². The predicted molar refractivity (Wildman–Crippen MR) is 99.2 cm³/mol. The van der Waals surface area contributed by atoms with Gasteiger partial charge in [-0.2, -0.15) is 0 Å². The topological polar surface area (TPSA) is 42.0 Å². The molecule has 2 heterocycles. The Kier molecular flexibility index (Phi) is 5.18. The van der Waals surface area contributed by atoms with Crippen LogP contribution < -0.4 is 4.74 Å². The third kappa shape index (κ3) is 3.89. The van der Waals surface area contributed by atoms with Crippen LogP contribution in [0.3, 0.4) is 0 Å². The van der Waals surface area contributed by atoms with Crippen LogP contribution in [0.25, 0.3) is 0 Å². The van der Waals surface area contributed by atoms with Crippen LogP contribution in [0, 0.1) is 0 Å². The first-order valence-electron chi connectivity index (χ1n) is 9.18. The van der Waals surface area contributed by atoms with Gasteiger partial charge in [-0.1, -0.05) is 24.3 Å². The van der Waals surface area contributed by atoms with Gasteiger partial charge in [0, 0.05) is 37.3 Å². The summed E-state index contributed by atoms with van der Waals surface area (Å²) in [7, 11) is 0. The third-order valence-corrected chi connectivity index (χ3v) is 4.92. The molecule has 2 aliphatic heterocycles. The second-order valence-electron chi connectivity index (χ2n) is 6.77. The van der Waals surface area contributed by atoms with Gasteiger partial charge >= 0.3 is 0 Å². The second-order valence-corrected chi connectivity index (χ2v) is 6.77. The molecule has 1 fully saturated rings. The predicted octanol–water partition coefficient (Wildman–Crippen LogP) is 2.55. The molecule has 2 aromatic rings. The van der Waals surface area contributed by atoms with E-state index in [9.17, 15) is 4.79 Å². The molecule has 5 heteroatoms. The van der Waals surface area contributed by atoms with Gasteiger partial charge in [-0.25, -0.2) is 0 Å². The summed E-state index contributed by atoms with van der Waals surface area (Å²) in [4.78, 5) is 17.1. The molecule has 5 nitrogen and oxygen atoms in total. The van der Waals surface area contributed by atoms with Crippen molar-refractivity contribution in [3.05, 3.63) is 65.2 Å². The number of rotatable bonds is 3. The van der Waals surface area contributed by atoms with E-state index in [1.54, 1.807) is 0 Å². The molecule has 1 saturated heterocycles. The highest BCUT2D eigenvalue weighted by molar-refractivity contribution is 5.94. The minimum absolute atomic E-state index is 0.0561. The molecule has 2 aliphatic rings. The lowest BCUT2D eigenvalue weighted by molar-refractivity contribution is 0.0341. The Labute approximate surface area is 154 Å². The van der Waals surface area contributed by atoms with Crippen molar-refractivity contribution < 1.29 is 14.3 Å². The van der Waals surface area contributed by atoms with Crippen molar-refractivity contribution in [1.82, 2.24) is 9.80 Å². The summed E-state index contributed by atoms with van der Waals surface area (Å²) in [6.45, 7) is 6.14. The van der Waals surface area contributed by atoms with Crippen molar-refractivity contribution in [2.75, 3.05) is 39.5 Å². The largest absolute Gasteiger partial charge is 0.491 e. The fourth-order valence-electron chi connectivity index (χ4n) is 3.50. The van der Waals surface area contributed by atoms with Gasteiger partial charge in [0.25, 0.3) is 5.91 Å². The summed E-state index contributed by atoms with van der Waals surface area (Å²) >= 11 is 0. The van der Waals surface area contributed by atoms with E-state index in [0.717, 1.165) is 49.7 Å². The molecule has 0 unspecified atom stereocenters. The monoisotopic (exact) mass is 352 g/mol. The van der Waals surface area contributed by atoms with E-state index in [2.05, 4.69) is 17.0 Å². The Hall–Kier alpha value is -2.37. The maximum absolute atomic E-state index is 12.8. The van der Waals surface area contributed by atoms with Gasteiger partial charge < -0.3 is 14.4 Å². The van der Waals surface area contributed by atoms with Crippen molar-refractivity contribution in [3.8, 4) is 5.75 Å². The van der Waals surface area contributed by atoms with Crippen molar-refractivity contribution in [3.63, 3.8) is 0 Å². The van der Waals surface area contributed by atoms with Gasteiger partial charge in [-0.05, 0) is 29.8 Å². The summed E-state index contributed by atoms with van der Waals surface area (Å²) in [5, 5.41) is 0. The van der Waals surface area contributed by atoms with Crippen LogP contribution >= 0.6 is 0 Å². The number of hydrogen-bond donors (Lipinski definition) is 0. The molecule has 0 atom stereocenters. The number of carbonyl (C=O) groups is 1. The highest BCUT2D eigenvalue weighted by atomic mass is 16.5. The van der Waals surface area contributed by atoms with Gasteiger partial charge in [0.2, 0.25) is 0 Å². The maximum Gasteiger partial charge on any atom is 0.254 e. The number of nitrogens with zero attached hydrogens (tertiary/aromatic N) is 2. The quantitative estimate of drug-likeness (QED) is 0.851. The number of morpholine rings is 1. The van der Waals surface area contributed by atoms with E-state index in [4.69, 9.17) is 9.47 Å². The molecule has 136 valence electrons. The minimum Gasteiger partial charge on any atom is -0.491 e. The number of fused-ring (bicyclic) bond motifs is 1. The van der Waals surface area contributed by atoms with Crippen molar-refractivity contribution in [2.45, 2.75) is 13.1 Å². The Bertz CT molecular complexity index is 757. The average molecular weight is 352 g/mol. The third-order valence-electron chi connectivity index (χ3n) is 4.92. The summed E-state index contributed by atoms with van der Waals surface area (Å²) in [6.07, 6.45) is 0. The molecule has 0 bridgehead atoms. The second kappa shape index (κ2) is 7.89. The van der Waals surface area contributed by atoms with Crippen LogP contribution in [-0.4, -0.2) is 55.2 Å². The fourth-order valence-corrected chi connectivity index (χ4v) is 3.50. The minimum atomic E-state index is 0.0561. The Morgan fingerprint density at radius 3 is 2.58 bits per heavy atom. The lowest BCUT2D eigenvalue weighted by Gasteiger charge is -2.27. The number of benzene rings is 2. The van der Waals surface area contributed by atoms with Gasteiger partial charge in [-0.15, -0.1) is 0 Å². The SMILES string of the molecule is O=C(c1ccccc1)N1CCOc2ccc(CN3CCOCC3)cc2C1. The van der Waals surface area contributed by atoms with E-state index in [1.165, 1.54) is 5.56 Å². The Balaban J connectivity index is 1.51. The first kappa shape index (κ1) is 17.1. The van der Waals surface area contributed by atoms with Crippen molar-refractivity contribution in [1.29, 1.82) is 0 Å². The number of amides is 1. The fraction of sp³-hybridized carbons (Fsp3) is 0.381. The van der Waals surface area contributed by atoms with E-state index in [-0.39, 0.29) is 5.91 Å².